The van der Waals surface area contributed by atoms with Crippen LogP contribution in [0.5, 0.6) is 0 Å². The van der Waals surface area contributed by atoms with E-state index in [1.54, 1.807) is 41.9 Å². The number of carbonyl (C=O) groups is 2. The van der Waals surface area contributed by atoms with Gasteiger partial charge in [0, 0.05) is 17.5 Å². The number of hydrogen-bond acceptors (Lipinski definition) is 6. The molecule has 2 heterocycles. The molecule has 1 aliphatic rings. The first-order valence-electron chi connectivity index (χ1n) is 7.78. The molecule has 1 aliphatic heterocycles. The van der Waals surface area contributed by atoms with Gasteiger partial charge in [-0.15, -0.1) is 0 Å². The summed E-state index contributed by atoms with van der Waals surface area (Å²) in [7, 11) is -3.31. The molecule has 0 amide bonds. The van der Waals surface area contributed by atoms with Crippen LogP contribution < -0.4 is 4.31 Å². The van der Waals surface area contributed by atoms with E-state index in [0.717, 1.165) is 5.56 Å². The number of benzene rings is 1. The van der Waals surface area contributed by atoms with Gasteiger partial charge in [0.15, 0.2) is 12.4 Å². The molecular weight excluding hydrogens is 362 g/mol. The molecule has 3 rings (SSSR count). The number of esters is 1. The maximum atomic E-state index is 12.2. The fourth-order valence-corrected chi connectivity index (χ4v) is 4.45. The molecule has 0 fully saturated rings. The van der Waals surface area contributed by atoms with Crippen LogP contribution in [0.25, 0.3) is 0 Å². The van der Waals surface area contributed by atoms with E-state index < -0.39 is 16.0 Å². The van der Waals surface area contributed by atoms with Crippen molar-refractivity contribution in [1.29, 1.82) is 0 Å². The molecule has 0 saturated carbocycles. The third-order valence-electron chi connectivity index (χ3n) is 4.05. The highest BCUT2D eigenvalue weighted by molar-refractivity contribution is 7.92. The number of carbonyl (C=O) groups excluding carboxylic acids is 2. The molecule has 25 heavy (non-hydrogen) atoms. The summed E-state index contributed by atoms with van der Waals surface area (Å²) in [6, 6.07) is 6.53. The standard InChI is InChI=1S/C17H17NO5S2/c1-2-25(21,22)18-7-5-12-9-13(3-4-15(12)18)16(19)10-23-17(20)14-6-8-24-11-14/h3-4,6,8-9,11H,2,5,7,10H2,1H3. The van der Waals surface area contributed by atoms with Crippen LogP contribution in [0.2, 0.25) is 0 Å². The summed E-state index contributed by atoms with van der Waals surface area (Å²) in [6.07, 6.45) is 0.560. The minimum absolute atomic E-state index is 0.0334. The van der Waals surface area contributed by atoms with Gasteiger partial charge in [0.1, 0.15) is 0 Å². The smallest absolute Gasteiger partial charge is 0.339 e. The summed E-state index contributed by atoms with van der Waals surface area (Å²) in [4.78, 5) is 24.0. The number of hydrogen-bond donors (Lipinski definition) is 0. The van der Waals surface area contributed by atoms with E-state index in [1.807, 2.05) is 0 Å². The normalized spacial score (nSPS) is 13.6. The molecule has 2 aromatic rings. The van der Waals surface area contributed by atoms with Crippen LogP contribution >= 0.6 is 11.3 Å². The molecule has 0 aliphatic carbocycles. The first kappa shape index (κ1) is 17.6. The maximum Gasteiger partial charge on any atom is 0.339 e. The Balaban J connectivity index is 1.70. The third-order valence-corrected chi connectivity index (χ3v) is 6.51. The number of fused-ring (bicyclic) bond motifs is 1. The van der Waals surface area contributed by atoms with Crippen LogP contribution in [0.15, 0.2) is 35.0 Å². The number of ketones is 1. The first-order chi connectivity index (χ1) is 11.9. The Hall–Kier alpha value is -2.19. The van der Waals surface area contributed by atoms with Crippen molar-refractivity contribution < 1.29 is 22.7 Å². The summed E-state index contributed by atoms with van der Waals surface area (Å²) in [5.74, 6) is -0.815. The second-order valence-corrected chi connectivity index (χ2v) is 8.54. The van der Waals surface area contributed by atoms with Crippen molar-refractivity contribution in [3.8, 4) is 0 Å². The predicted octanol–water partition coefficient (Wildman–Crippen LogP) is 2.50. The second-order valence-electron chi connectivity index (χ2n) is 5.58. The molecule has 0 spiro atoms. The highest BCUT2D eigenvalue weighted by Crippen LogP contribution is 2.31. The summed E-state index contributed by atoms with van der Waals surface area (Å²) in [5, 5.41) is 3.42. The Morgan fingerprint density at radius 3 is 2.72 bits per heavy atom. The fourth-order valence-electron chi connectivity index (χ4n) is 2.67. The second kappa shape index (κ2) is 6.97. The van der Waals surface area contributed by atoms with Gasteiger partial charge in [-0.25, -0.2) is 13.2 Å². The van der Waals surface area contributed by atoms with Crippen molar-refractivity contribution >= 4 is 38.8 Å². The Bertz CT molecular complexity index is 903. The lowest BCUT2D eigenvalue weighted by Crippen LogP contribution is -2.30. The van der Waals surface area contributed by atoms with E-state index >= 15 is 0 Å². The van der Waals surface area contributed by atoms with Crippen molar-refractivity contribution in [1.82, 2.24) is 0 Å². The van der Waals surface area contributed by atoms with Crippen LogP contribution in [0.1, 0.15) is 33.2 Å². The zero-order chi connectivity index (χ0) is 18.0. The highest BCUT2D eigenvalue weighted by Gasteiger charge is 2.28. The average molecular weight is 379 g/mol. The van der Waals surface area contributed by atoms with Gasteiger partial charge in [0.25, 0.3) is 0 Å². The molecule has 0 N–H and O–H groups in total. The van der Waals surface area contributed by atoms with E-state index in [1.165, 1.54) is 15.6 Å². The Morgan fingerprint density at radius 2 is 2.04 bits per heavy atom. The van der Waals surface area contributed by atoms with Crippen molar-refractivity contribution in [2.75, 3.05) is 23.2 Å². The van der Waals surface area contributed by atoms with Crippen molar-refractivity contribution in [3.63, 3.8) is 0 Å². The van der Waals surface area contributed by atoms with Gasteiger partial charge in [-0.2, -0.15) is 11.3 Å². The van der Waals surface area contributed by atoms with E-state index in [4.69, 9.17) is 4.74 Å². The van der Waals surface area contributed by atoms with Crippen molar-refractivity contribution in [2.45, 2.75) is 13.3 Å². The molecule has 132 valence electrons. The maximum absolute atomic E-state index is 12.2. The molecular formula is C17H17NO5S2. The fraction of sp³-hybridized carbons (Fsp3) is 0.294. The van der Waals surface area contributed by atoms with Gasteiger partial charge in [0.05, 0.1) is 17.0 Å². The van der Waals surface area contributed by atoms with Crippen molar-refractivity contribution in [3.05, 3.63) is 51.7 Å². The number of rotatable bonds is 6. The van der Waals surface area contributed by atoms with Gasteiger partial charge in [-0.1, -0.05) is 0 Å². The molecule has 0 bridgehead atoms. The molecule has 0 atom stereocenters. The van der Waals surface area contributed by atoms with Gasteiger partial charge in [0.2, 0.25) is 10.0 Å². The number of Topliss-reactive ketones (excluding diaryl/α,β-unsaturated/α-hetero) is 1. The van der Waals surface area contributed by atoms with Gasteiger partial charge < -0.3 is 4.74 Å². The number of sulfonamides is 1. The minimum atomic E-state index is -3.31. The van der Waals surface area contributed by atoms with Crippen molar-refractivity contribution in [2.24, 2.45) is 0 Å². The van der Waals surface area contributed by atoms with E-state index in [9.17, 15) is 18.0 Å². The lowest BCUT2D eigenvalue weighted by Gasteiger charge is -2.18. The number of anilines is 1. The zero-order valence-corrected chi connectivity index (χ0v) is 15.2. The molecule has 6 nitrogen and oxygen atoms in total. The average Bonchev–Trinajstić information content (AvgIpc) is 3.28. The molecule has 8 heteroatoms. The Labute approximate surface area is 150 Å². The lowest BCUT2D eigenvalue weighted by molar-refractivity contribution is 0.0475. The summed E-state index contributed by atoms with van der Waals surface area (Å²) in [5.41, 5.74) is 2.26. The number of thiophene rings is 1. The van der Waals surface area contributed by atoms with Crippen LogP contribution in [0, 0.1) is 0 Å². The quantitative estimate of drug-likeness (QED) is 0.569. The summed E-state index contributed by atoms with van der Waals surface area (Å²) in [6.45, 7) is 1.65. The van der Waals surface area contributed by atoms with E-state index in [0.29, 0.717) is 29.8 Å². The number of ether oxygens (including phenoxy) is 1. The molecule has 0 saturated heterocycles. The summed E-state index contributed by atoms with van der Waals surface area (Å²) >= 11 is 1.38. The molecule has 1 aromatic heterocycles. The van der Waals surface area contributed by atoms with E-state index in [2.05, 4.69) is 0 Å². The first-order valence-corrected chi connectivity index (χ1v) is 10.3. The molecule has 1 aromatic carbocycles. The Morgan fingerprint density at radius 1 is 1.24 bits per heavy atom. The van der Waals surface area contributed by atoms with Gasteiger partial charge in [-0.3, -0.25) is 9.10 Å². The molecule has 0 radical (unpaired) electrons. The monoisotopic (exact) mass is 379 g/mol. The van der Waals surface area contributed by atoms with Crippen LogP contribution in [-0.4, -0.2) is 39.1 Å². The molecule has 0 unspecified atom stereocenters. The topological polar surface area (TPSA) is 80.8 Å². The lowest BCUT2D eigenvalue weighted by atomic mass is 10.1. The predicted molar refractivity (Wildman–Crippen MR) is 95.9 cm³/mol. The number of nitrogens with zero attached hydrogens (tertiary/aromatic N) is 1. The largest absolute Gasteiger partial charge is 0.454 e. The highest BCUT2D eigenvalue weighted by atomic mass is 32.2. The van der Waals surface area contributed by atoms with Crippen LogP contribution in [-0.2, 0) is 21.2 Å². The van der Waals surface area contributed by atoms with Gasteiger partial charge >= 0.3 is 5.97 Å². The third kappa shape index (κ3) is 3.59. The summed E-state index contributed by atoms with van der Waals surface area (Å²) < 4.78 is 30.6. The zero-order valence-electron chi connectivity index (χ0n) is 13.6. The SMILES string of the molecule is CCS(=O)(=O)N1CCc2cc(C(=O)COC(=O)c3ccsc3)ccc21. The Kier molecular flexibility index (Phi) is 4.91. The van der Waals surface area contributed by atoms with Gasteiger partial charge in [-0.05, 0) is 48.6 Å². The minimum Gasteiger partial charge on any atom is -0.454 e. The van der Waals surface area contributed by atoms with Crippen LogP contribution in [0.4, 0.5) is 5.69 Å². The van der Waals surface area contributed by atoms with Crippen LogP contribution in [0.3, 0.4) is 0 Å². The van der Waals surface area contributed by atoms with E-state index in [-0.39, 0.29) is 18.1 Å².